The molecule has 0 aliphatic carbocycles. The Hall–Kier alpha value is -2.11. The summed E-state index contributed by atoms with van der Waals surface area (Å²) in [4.78, 5) is 9.70. The first-order chi connectivity index (χ1) is 13.4. The normalized spacial score (nSPS) is 12.7. The number of aryl methyl sites for hydroxylation is 1. The number of pyridine rings is 2. The summed E-state index contributed by atoms with van der Waals surface area (Å²) in [6, 6.07) is 6.37. The number of hydrogen-bond acceptors (Lipinski definition) is 4. The first-order valence-electron chi connectivity index (χ1n) is 9.76. The standard InChI is InChI=1S/C22H29ClN4O/c1-7-15(12-28-6)27-11-14(4)20-19(27)10-17(23)21(26-20)16-8-9-18(13(2)3)25-22(16)24-5/h8-11,13,15H,7,12H2,1-6H3,(H,24,25). The van der Waals surface area contributed by atoms with E-state index >= 15 is 0 Å². The molecule has 3 heterocycles. The van der Waals surface area contributed by atoms with Gasteiger partial charge in [0, 0.05) is 31.6 Å². The molecule has 5 nitrogen and oxygen atoms in total. The molecule has 0 fully saturated rings. The van der Waals surface area contributed by atoms with Crippen LogP contribution in [-0.2, 0) is 4.74 Å². The monoisotopic (exact) mass is 400 g/mol. The number of halogens is 1. The highest BCUT2D eigenvalue weighted by Crippen LogP contribution is 2.36. The highest BCUT2D eigenvalue weighted by molar-refractivity contribution is 6.33. The lowest BCUT2D eigenvalue weighted by Crippen LogP contribution is -2.12. The Bertz CT molecular complexity index is 980. The van der Waals surface area contributed by atoms with Crippen molar-refractivity contribution in [3.05, 3.63) is 40.7 Å². The zero-order valence-electron chi connectivity index (χ0n) is 17.5. The first-order valence-corrected chi connectivity index (χ1v) is 10.1. The molecule has 3 aromatic rings. The van der Waals surface area contributed by atoms with E-state index in [1.165, 1.54) is 0 Å². The van der Waals surface area contributed by atoms with Crippen molar-refractivity contribution in [3.63, 3.8) is 0 Å². The van der Waals surface area contributed by atoms with Crippen LogP contribution in [-0.4, -0.2) is 35.3 Å². The molecule has 0 aliphatic heterocycles. The van der Waals surface area contributed by atoms with Gasteiger partial charge in [0.25, 0.3) is 0 Å². The lowest BCUT2D eigenvalue weighted by Gasteiger charge is -2.18. The molecule has 6 heteroatoms. The molecule has 3 rings (SSSR count). The highest BCUT2D eigenvalue weighted by Gasteiger charge is 2.19. The number of fused-ring (bicyclic) bond motifs is 1. The first kappa shape index (κ1) is 20.6. The van der Waals surface area contributed by atoms with Gasteiger partial charge in [-0.2, -0.15) is 0 Å². The minimum Gasteiger partial charge on any atom is -0.383 e. The summed E-state index contributed by atoms with van der Waals surface area (Å²) in [5.74, 6) is 1.15. The van der Waals surface area contributed by atoms with Crippen LogP contribution in [0, 0.1) is 6.92 Å². The number of anilines is 1. The molecule has 0 saturated carbocycles. The lowest BCUT2D eigenvalue weighted by atomic mass is 10.1. The van der Waals surface area contributed by atoms with E-state index in [1.807, 2.05) is 19.2 Å². The van der Waals surface area contributed by atoms with E-state index in [0.717, 1.165) is 45.8 Å². The molecule has 1 atom stereocenters. The van der Waals surface area contributed by atoms with E-state index in [-0.39, 0.29) is 6.04 Å². The van der Waals surface area contributed by atoms with E-state index in [0.29, 0.717) is 17.5 Å². The third kappa shape index (κ3) is 3.74. The summed E-state index contributed by atoms with van der Waals surface area (Å²) in [5.41, 5.74) is 5.83. The average Bonchev–Trinajstić information content (AvgIpc) is 3.00. The largest absolute Gasteiger partial charge is 0.383 e. The van der Waals surface area contributed by atoms with Crippen molar-refractivity contribution >= 4 is 28.5 Å². The maximum absolute atomic E-state index is 6.71. The van der Waals surface area contributed by atoms with Crippen molar-refractivity contribution in [2.75, 3.05) is 26.1 Å². The predicted molar refractivity (Wildman–Crippen MR) is 118 cm³/mol. The number of ether oxygens (including phenoxy) is 1. The summed E-state index contributed by atoms with van der Waals surface area (Å²) >= 11 is 6.71. The van der Waals surface area contributed by atoms with Crippen molar-refractivity contribution in [3.8, 4) is 11.3 Å². The predicted octanol–water partition coefficient (Wildman–Crippen LogP) is 5.82. The van der Waals surface area contributed by atoms with Crippen LogP contribution in [0.1, 0.15) is 50.4 Å². The van der Waals surface area contributed by atoms with Crippen LogP contribution in [0.5, 0.6) is 0 Å². The van der Waals surface area contributed by atoms with Crippen molar-refractivity contribution in [2.45, 2.75) is 46.1 Å². The molecule has 0 aliphatic rings. The summed E-state index contributed by atoms with van der Waals surface area (Å²) in [6.45, 7) is 9.17. The Morgan fingerprint density at radius 1 is 1.25 bits per heavy atom. The van der Waals surface area contributed by atoms with Crippen LogP contribution in [0.3, 0.4) is 0 Å². The number of aromatic nitrogens is 3. The quantitative estimate of drug-likeness (QED) is 0.542. The number of rotatable bonds is 7. The van der Waals surface area contributed by atoms with Gasteiger partial charge in [-0.3, -0.25) is 0 Å². The van der Waals surface area contributed by atoms with E-state index < -0.39 is 0 Å². The zero-order valence-corrected chi connectivity index (χ0v) is 18.3. The average molecular weight is 401 g/mol. The number of hydrogen-bond donors (Lipinski definition) is 1. The van der Waals surface area contributed by atoms with Gasteiger partial charge in [-0.1, -0.05) is 32.4 Å². The Labute approximate surface area is 172 Å². The second-order valence-corrected chi connectivity index (χ2v) is 7.87. The number of methoxy groups -OCH3 is 1. The smallest absolute Gasteiger partial charge is 0.135 e. The van der Waals surface area contributed by atoms with E-state index in [1.54, 1.807) is 7.11 Å². The maximum Gasteiger partial charge on any atom is 0.135 e. The van der Waals surface area contributed by atoms with Gasteiger partial charge in [-0.05, 0) is 43.0 Å². The van der Waals surface area contributed by atoms with Gasteiger partial charge in [0.2, 0.25) is 0 Å². The fourth-order valence-electron chi connectivity index (χ4n) is 3.56. The number of nitrogens with zero attached hydrogens (tertiary/aromatic N) is 3. The van der Waals surface area contributed by atoms with Gasteiger partial charge in [0.1, 0.15) is 5.82 Å². The Morgan fingerprint density at radius 2 is 2.00 bits per heavy atom. The van der Waals surface area contributed by atoms with Gasteiger partial charge < -0.3 is 14.6 Å². The molecule has 0 bridgehead atoms. The second-order valence-electron chi connectivity index (χ2n) is 7.46. The van der Waals surface area contributed by atoms with Gasteiger partial charge in [-0.15, -0.1) is 0 Å². The maximum atomic E-state index is 6.71. The van der Waals surface area contributed by atoms with E-state index in [2.05, 4.69) is 49.8 Å². The third-order valence-corrected chi connectivity index (χ3v) is 5.45. The lowest BCUT2D eigenvalue weighted by molar-refractivity contribution is 0.155. The minimum atomic E-state index is 0.254. The molecule has 0 radical (unpaired) electrons. The molecule has 3 aromatic heterocycles. The topological polar surface area (TPSA) is 52.0 Å². The molecule has 0 spiro atoms. The van der Waals surface area contributed by atoms with Gasteiger partial charge >= 0.3 is 0 Å². The summed E-state index contributed by atoms with van der Waals surface area (Å²) in [6.07, 6.45) is 3.12. The van der Waals surface area contributed by atoms with Crippen molar-refractivity contribution in [1.82, 2.24) is 14.5 Å². The number of nitrogens with one attached hydrogen (secondary N) is 1. The van der Waals surface area contributed by atoms with Crippen molar-refractivity contribution in [2.24, 2.45) is 0 Å². The van der Waals surface area contributed by atoms with Crippen LogP contribution in [0.4, 0.5) is 5.82 Å². The Kier molecular flexibility index (Phi) is 6.26. The van der Waals surface area contributed by atoms with Crippen LogP contribution in [0.25, 0.3) is 22.3 Å². The Balaban J connectivity index is 2.17. The summed E-state index contributed by atoms with van der Waals surface area (Å²) < 4.78 is 7.63. The molecular formula is C22H29ClN4O. The van der Waals surface area contributed by atoms with E-state index in [9.17, 15) is 0 Å². The SMILES string of the molecule is CCC(COC)n1cc(C)c2nc(-c3ccc(C(C)C)nc3NC)c(Cl)cc21. The fourth-order valence-corrected chi connectivity index (χ4v) is 3.81. The van der Waals surface area contributed by atoms with Gasteiger partial charge in [0.05, 0.1) is 34.4 Å². The fraction of sp³-hybridized carbons (Fsp3) is 0.455. The van der Waals surface area contributed by atoms with Crippen LogP contribution < -0.4 is 5.32 Å². The molecule has 0 saturated heterocycles. The van der Waals surface area contributed by atoms with Gasteiger partial charge in [-0.25, -0.2) is 9.97 Å². The molecule has 150 valence electrons. The zero-order chi connectivity index (χ0) is 20.4. The third-order valence-electron chi connectivity index (χ3n) is 5.16. The highest BCUT2D eigenvalue weighted by atomic mass is 35.5. The molecule has 0 aromatic carbocycles. The molecule has 1 unspecified atom stereocenters. The van der Waals surface area contributed by atoms with Crippen LogP contribution in [0.15, 0.2) is 24.4 Å². The Morgan fingerprint density at radius 3 is 2.61 bits per heavy atom. The molecule has 0 amide bonds. The van der Waals surface area contributed by atoms with Crippen molar-refractivity contribution in [1.29, 1.82) is 0 Å². The van der Waals surface area contributed by atoms with E-state index in [4.69, 9.17) is 26.3 Å². The molecule has 1 N–H and O–H groups in total. The van der Waals surface area contributed by atoms with Crippen molar-refractivity contribution < 1.29 is 4.74 Å². The molecule has 28 heavy (non-hydrogen) atoms. The minimum absolute atomic E-state index is 0.254. The summed E-state index contributed by atoms with van der Waals surface area (Å²) in [7, 11) is 3.61. The molecular weight excluding hydrogens is 372 g/mol. The van der Waals surface area contributed by atoms with Gasteiger partial charge in [0.15, 0.2) is 0 Å². The van der Waals surface area contributed by atoms with Crippen LogP contribution in [0.2, 0.25) is 5.02 Å². The van der Waals surface area contributed by atoms with Crippen LogP contribution >= 0.6 is 11.6 Å². The summed E-state index contributed by atoms with van der Waals surface area (Å²) in [5, 5.41) is 3.82. The second kappa shape index (κ2) is 8.50.